The highest BCUT2D eigenvalue weighted by Crippen LogP contribution is 2.26. The first-order valence-electron chi connectivity index (χ1n) is 12.5. The number of amides is 3. The summed E-state index contributed by atoms with van der Waals surface area (Å²) in [4.78, 5) is 44.0. The highest BCUT2D eigenvalue weighted by Gasteiger charge is 2.31. The smallest absolute Gasteiger partial charge is 0.410 e. The zero-order valence-electron chi connectivity index (χ0n) is 21.6. The Bertz CT molecular complexity index is 1070. The van der Waals surface area contributed by atoms with E-state index in [4.69, 9.17) is 9.47 Å². The highest BCUT2D eigenvalue weighted by atomic mass is 16.6. The van der Waals surface area contributed by atoms with Crippen molar-refractivity contribution < 1.29 is 23.9 Å². The lowest BCUT2D eigenvalue weighted by Crippen LogP contribution is -2.51. The second kappa shape index (κ2) is 10.6. The fraction of sp³-hybridized carbons (Fsp3) is 0.519. The predicted molar refractivity (Wildman–Crippen MR) is 135 cm³/mol. The molecule has 3 amide bonds. The number of benzene rings is 1. The standard InChI is InChI=1S/C27H36N4O5/c1-27(2,3)36-26(34)30-14-11-21(12-15-30)31-13-5-6-23(31)25(33)29-18-16-28(17-19-29)24(32)20-7-9-22(35-4)10-8-20/h5-10,13,21H,11-12,14-19H2,1-4H3. The Hall–Kier alpha value is -3.49. The molecule has 4 rings (SSSR count). The fourth-order valence-electron chi connectivity index (χ4n) is 4.74. The molecule has 2 aliphatic rings. The van der Waals surface area contributed by atoms with Gasteiger partial charge in [0.2, 0.25) is 0 Å². The lowest BCUT2D eigenvalue weighted by atomic mass is 10.0. The number of piperidine rings is 1. The maximum atomic E-state index is 13.4. The maximum Gasteiger partial charge on any atom is 0.410 e. The highest BCUT2D eigenvalue weighted by molar-refractivity contribution is 5.95. The molecule has 2 aliphatic heterocycles. The van der Waals surface area contributed by atoms with E-state index in [0.29, 0.717) is 56.3 Å². The van der Waals surface area contributed by atoms with Crippen LogP contribution in [0.4, 0.5) is 4.79 Å². The van der Waals surface area contributed by atoms with Gasteiger partial charge in [0.25, 0.3) is 11.8 Å². The van der Waals surface area contributed by atoms with Crippen LogP contribution in [0.3, 0.4) is 0 Å². The molecule has 36 heavy (non-hydrogen) atoms. The largest absolute Gasteiger partial charge is 0.497 e. The van der Waals surface area contributed by atoms with Crippen molar-refractivity contribution in [3.63, 3.8) is 0 Å². The summed E-state index contributed by atoms with van der Waals surface area (Å²) in [5.41, 5.74) is 0.750. The van der Waals surface area contributed by atoms with Gasteiger partial charge in [0.15, 0.2) is 0 Å². The van der Waals surface area contributed by atoms with Gasteiger partial charge in [-0.25, -0.2) is 4.79 Å². The van der Waals surface area contributed by atoms with E-state index in [0.717, 1.165) is 12.8 Å². The molecule has 9 heteroatoms. The Balaban J connectivity index is 1.32. The molecule has 194 valence electrons. The van der Waals surface area contributed by atoms with E-state index in [1.807, 2.05) is 48.6 Å². The summed E-state index contributed by atoms with van der Waals surface area (Å²) in [5.74, 6) is 0.650. The van der Waals surface area contributed by atoms with E-state index in [1.54, 1.807) is 41.2 Å². The average molecular weight is 497 g/mol. The van der Waals surface area contributed by atoms with Crippen molar-refractivity contribution in [2.75, 3.05) is 46.4 Å². The molecule has 9 nitrogen and oxygen atoms in total. The summed E-state index contributed by atoms with van der Waals surface area (Å²) in [6.07, 6.45) is 3.19. The third-order valence-corrected chi connectivity index (χ3v) is 6.70. The van der Waals surface area contributed by atoms with Gasteiger partial charge >= 0.3 is 6.09 Å². The average Bonchev–Trinajstić information content (AvgIpc) is 3.37. The van der Waals surface area contributed by atoms with Crippen LogP contribution >= 0.6 is 0 Å². The van der Waals surface area contributed by atoms with Gasteiger partial charge in [-0.3, -0.25) is 9.59 Å². The molecular formula is C27H36N4O5. The van der Waals surface area contributed by atoms with Crippen LogP contribution in [0.25, 0.3) is 0 Å². The maximum absolute atomic E-state index is 13.4. The van der Waals surface area contributed by atoms with Crippen LogP contribution in [0.5, 0.6) is 5.75 Å². The van der Waals surface area contributed by atoms with E-state index < -0.39 is 5.60 Å². The van der Waals surface area contributed by atoms with Crippen LogP contribution in [0.15, 0.2) is 42.6 Å². The molecule has 0 N–H and O–H groups in total. The number of nitrogens with zero attached hydrogens (tertiary/aromatic N) is 4. The zero-order valence-corrected chi connectivity index (χ0v) is 21.6. The van der Waals surface area contributed by atoms with Crippen molar-refractivity contribution >= 4 is 17.9 Å². The molecule has 1 aromatic carbocycles. The second-order valence-corrected chi connectivity index (χ2v) is 10.3. The number of aromatic nitrogens is 1. The lowest BCUT2D eigenvalue weighted by molar-refractivity contribution is 0.0186. The molecular weight excluding hydrogens is 460 g/mol. The lowest BCUT2D eigenvalue weighted by Gasteiger charge is -2.36. The monoisotopic (exact) mass is 496 g/mol. The Labute approximate surface area is 212 Å². The number of hydrogen-bond donors (Lipinski definition) is 0. The van der Waals surface area contributed by atoms with Gasteiger partial charge < -0.3 is 28.7 Å². The minimum atomic E-state index is -0.517. The first kappa shape index (κ1) is 25.6. The number of piperazine rings is 1. The van der Waals surface area contributed by atoms with E-state index in [9.17, 15) is 14.4 Å². The topological polar surface area (TPSA) is 84.3 Å². The predicted octanol–water partition coefficient (Wildman–Crippen LogP) is 3.67. The molecule has 1 aromatic heterocycles. The molecule has 2 fully saturated rings. The first-order valence-corrected chi connectivity index (χ1v) is 12.5. The van der Waals surface area contributed by atoms with Gasteiger partial charge in [0.1, 0.15) is 17.0 Å². The Morgan fingerprint density at radius 1 is 0.806 bits per heavy atom. The first-order chi connectivity index (χ1) is 17.2. The van der Waals surface area contributed by atoms with Crippen LogP contribution < -0.4 is 4.74 Å². The SMILES string of the molecule is COc1ccc(C(=O)N2CCN(C(=O)c3cccn3C3CCN(C(=O)OC(C)(C)C)CC3)CC2)cc1. The molecule has 0 bridgehead atoms. The van der Waals surface area contributed by atoms with Crippen molar-refractivity contribution in [2.45, 2.75) is 45.3 Å². The number of carbonyl (C=O) groups is 3. The van der Waals surface area contributed by atoms with Gasteiger partial charge in [-0.05, 0) is 70.0 Å². The molecule has 0 atom stereocenters. The number of likely N-dealkylation sites (tertiary alicyclic amines) is 1. The van der Waals surface area contributed by atoms with Gasteiger partial charge in [0, 0.05) is 57.1 Å². The quantitative estimate of drug-likeness (QED) is 0.645. The third-order valence-electron chi connectivity index (χ3n) is 6.70. The molecule has 2 saturated heterocycles. The molecule has 0 unspecified atom stereocenters. The molecule has 0 saturated carbocycles. The second-order valence-electron chi connectivity index (χ2n) is 10.3. The summed E-state index contributed by atoms with van der Waals surface area (Å²) in [7, 11) is 1.59. The number of methoxy groups -OCH3 is 1. The van der Waals surface area contributed by atoms with Crippen molar-refractivity contribution in [1.82, 2.24) is 19.3 Å². The van der Waals surface area contributed by atoms with E-state index in [2.05, 4.69) is 0 Å². The van der Waals surface area contributed by atoms with Gasteiger partial charge in [-0.1, -0.05) is 0 Å². The minimum absolute atomic E-state index is 0.0221. The fourth-order valence-corrected chi connectivity index (χ4v) is 4.74. The van der Waals surface area contributed by atoms with Crippen LogP contribution in [-0.2, 0) is 4.74 Å². The van der Waals surface area contributed by atoms with Crippen LogP contribution in [0, 0.1) is 0 Å². The van der Waals surface area contributed by atoms with Crippen molar-refractivity contribution in [3.8, 4) is 5.75 Å². The van der Waals surface area contributed by atoms with Crippen molar-refractivity contribution in [1.29, 1.82) is 0 Å². The van der Waals surface area contributed by atoms with E-state index >= 15 is 0 Å². The Morgan fingerprint density at radius 3 is 1.94 bits per heavy atom. The van der Waals surface area contributed by atoms with Gasteiger partial charge in [-0.15, -0.1) is 0 Å². The zero-order chi connectivity index (χ0) is 25.9. The van der Waals surface area contributed by atoms with E-state index in [1.165, 1.54) is 0 Å². The Morgan fingerprint density at radius 2 is 1.39 bits per heavy atom. The molecule has 0 radical (unpaired) electrons. The van der Waals surface area contributed by atoms with E-state index in [-0.39, 0.29) is 23.9 Å². The van der Waals surface area contributed by atoms with Gasteiger partial charge in [-0.2, -0.15) is 0 Å². The summed E-state index contributed by atoms with van der Waals surface area (Å²) >= 11 is 0. The van der Waals surface area contributed by atoms with Crippen molar-refractivity contribution in [2.24, 2.45) is 0 Å². The minimum Gasteiger partial charge on any atom is -0.497 e. The van der Waals surface area contributed by atoms with Crippen LogP contribution in [0.2, 0.25) is 0 Å². The normalized spacial score (nSPS) is 17.2. The summed E-state index contributed by atoms with van der Waals surface area (Å²) in [6.45, 7) is 8.75. The number of ether oxygens (including phenoxy) is 2. The summed E-state index contributed by atoms with van der Waals surface area (Å²) < 4.78 is 12.7. The Kier molecular flexibility index (Phi) is 7.56. The number of carbonyl (C=O) groups excluding carboxylic acids is 3. The van der Waals surface area contributed by atoms with Gasteiger partial charge in [0.05, 0.1) is 7.11 Å². The number of rotatable bonds is 4. The summed E-state index contributed by atoms with van der Waals surface area (Å²) in [6, 6.07) is 11.0. The molecule has 2 aromatic rings. The molecule has 0 spiro atoms. The molecule has 0 aliphatic carbocycles. The number of hydrogen-bond acceptors (Lipinski definition) is 5. The third kappa shape index (κ3) is 5.83. The van der Waals surface area contributed by atoms with Crippen LogP contribution in [-0.4, -0.2) is 89.2 Å². The summed E-state index contributed by atoms with van der Waals surface area (Å²) in [5, 5.41) is 0. The van der Waals surface area contributed by atoms with Crippen LogP contribution in [0.1, 0.15) is 60.5 Å². The van der Waals surface area contributed by atoms with Crippen molar-refractivity contribution in [3.05, 3.63) is 53.9 Å². The molecule has 3 heterocycles.